The number of furan rings is 1. The Bertz CT molecular complexity index is 903. The molecule has 7 nitrogen and oxygen atoms in total. The highest BCUT2D eigenvalue weighted by Gasteiger charge is 2.16. The van der Waals surface area contributed by atoms with Crippen molar-refractivity contribution in [1.29, 1.82) is 0 Å². The summed E-state index contributed by atoms with van der Waals surface area (Å²) in [5.41, 5.74) is 0.768. The van der Waals surface area contributed by atoms with Crippen LogP contribution in [0.4, 0.5) is 10.2 Å². The van der Waals surface area contributed by atoms with Crippen LogP contribution in [0.2, 0.25) is 0 Å². The Kier molecular flexibility index (Phi) is 4.60. The lowest BCUT2D eigenvalue weighted by molar-refractivity contribution is 0.0944. The molecule has 0 saturated carbocycles. The second-order valence-corrected chi connectivity index (χ2v) is 5.28. The van der Waals surface area contributed by atoms with Gasteiger partial charge in [0.25, 0.3) is 11.8 Å². The molecule has 2 aromatic heterocycles. The van der Waals surface area contributed by atoms with Gasteiger partial charge in [-0.25, -0.2) is 4.39 Å². The van der Waals surface area contributed by atoms with E-state index in [0.717, 1.165) is 0 Å². The molecule has 0 aliphatic carbocycles. The highest BCUT2D eigenvalue weighted by atomic mass is 19.1. The van der Waals surface area contributed by atoms with Crippen molar-refractivity contribution in [1.82, 2.24) is 15.1 Å². The van der Waals surface area contributed by atoms with Crippen LogP contribution in [0.3, 0.4) is 0 Å². The van der Waals surface area contributed by atoms with Gasteiger partial charge in [0, 0.05) is 19.7 Å². The quantitative estimate of drug-likeness (QED) is 0.745. The van der Waals surface area contributed by atoms with Gasteiger partial charge in [-0.2, -0.15) is 5.10 Å². The van der Waals surface area contributed by atoms with E-state index in [1.165, 1.54) is 35.2 Å². The summed E-state index contributed by atoms with van der Waals surface area (Å²) in [4.78, 5) is 24.1. The summed E-state index contributed by atoms with van der Waals surface area (Å²) in [7, 11) is 1.60. The van der Waals surface area contributed by atoms with Crippen molar-refractivity contribution in [2.75, 3.05) is 5.32 Å². The van der Waals surface area contributed by atoms with Crippen LogP contribution >= 0.6 is 0 Å². The number of benzene rings is 1. The molecular formula is C17H15FN4O3. The Morgan fingerprint density at radius 3 is 2.76 bits per heavy atom. The van der Waals surface area contributed by atoms with Crippen LogP contribution in [0.5, 0.6) is 0 Å². The number of carbonyl (C=O) groups excluding carboxylic acids is 2. The number of aryl methyl sites for hydroxylation is 1. The van der Waals surface area contributed by atoms with Crippen LogP contribution in [-0.2, 0) is 13.6 Å². The molecule has 0 fully saturated rings. The molecule has 0 atom stereocenters. The molecule has 0 bridgehead atoms. The third-order valence-corrected chi connectivity index (χ3v) is 3.44. The van der Waals surface area contributed by atoms with E-state index in [4.69, 9.17) is 4.42 Å². The van der Waals surface area contributed by atoms with Gasteiger partial charge in [-0.1, -0.05) is 12.1 Å². The summed E-state index contributed by atoms with van der Waals surface area (Å²) in [5, 5.41) is 9.32. The van der Waals surface area contributed by atoms with Gasteiger partial charge < -0.3 is 15.1 Å². The minimum atomic E-state index is -0.445. The van der Waals surface area contributed by atoms with Gasteiger partial charge in [-0.3, -0.25) is 14.3 Å². The second-order valence-electron chi connectivity index (χ2n) is 5.28. The molecule has 0 aliphatic rings. The zero-order valence-electron chi connectivity index (χ0n) is 13.3. The maximum Gasteiger partial charge on any atom is 0.292 e. The molecular weight excluding hydrogens is 327 g/mol. The fourth-order valence-corrected chi connectivity index (χ4v) is 2.20. The van der Waals surface area contributed by atoms with E-state index < -0.39 is 11.8 Å². The molecule has 2 N–H and O–H groups in total. The first kappa shape index (κ1) is 16.4. The lowest BCUT2D eigenvalue weighted by Crippen LogP contribution is -2.23. The first-order valence-electron chi connectivity index (χ1n) is 7.44. The number of nitrogens with one attached hydrogen (secondary N) is 2. The molecule has 0 aliphatic heterocycles. The van der Waals surface area contributed by atoms with Crippen LogP contribution in [-0.4, -0.2) is 21.6 Å². The number of rotatable bonds is 5. The van der Waals surface area contributed by atoms with Gasteiger partial charge in [0.1, 0.15) is 11.6 Å². The minimum absolute atomic E-state index is 0.133. The number of aromatic nitrogens is 2. The highest BCUT2D eigenvalue weighted by molar-refractivity contribution is 6.02. The molecule has 0 unspecified atom stereocenters. The number of carbonyl (C=O) groups is 2. The van der Waals surface area contributed by atoms with E-state index in [1.807, 2.05) is 0 Å². The van der Waals surface area contributed by atoms with Crippen molar-refractivity contribution < 1.29 is 18.4 Å². The molecule has 2 amide bonds. The van der Waals surface area contributed by atoms with Crippen molar-refractivity contribution >= 4 is 17.6 Å². The molecule has 128 valence electrons. The van der Waals surface area contributed by atoms with Crippen molar-refractivity contribution in [3.8, 4) is 0 Å². The van der Waals surface area contributed by atoms with E-state index in [9.17, 15) is 14.0 Å². The molecule has 0 saturated heterocycles. The zero-order valence-corrected chi connectivity index (χ0v) is 13.3. The second kappa shape index (κ2) is 7.00. The van der Waals surface area contributed by atoms with Gasteiger partial charge >= 0.3 is 0 Å². The molecule has 3 aromatic rings. The first-order valence-corrected chi connectivity index (χ1v) is 7.44. The molecule has 3 rings (SSSR count). The predicted octanol–water partition coefficient (Wildman–Crippen LogP) is 2.33. The van der Waals surface area contributed by atoms with Crippen LogP contribution in [0.25, 0.3) is 0 Å². The first-order chi connectivity index (χ1) is 12.0. The highest BCUT2D eigenvalue weighted by Crippen LogP contribution is 2.12. The molecule has 0 radical (unpaired) electrons. The van der Waals surface area contributed by atoms with Crippen LogP contribution in [0.1, 0.15) is 26.6 Å². The fourth-order valence-electron chi connectivity index (χ4n) is 2.20. The molecule has 8 heteroatoms. The zero-order chi connectivity index (χ0) is 17.8. The number of nitrogens with zero attached hydrogens (tertiary/aromatic N) is 2. The Balaban J connectivity index is 1.65. The molecule has 2 heterocycles. The minimum Gasteiger partial charge on any atom is -0.459 e. The third kappa shape index (κ3) is 3.92. The largest absolute Gasteiger partial charge is 0.459 e. The molecule has 1 aromatic carbocycles. The van der Waals surface area contributed by atoms with Crippen molar-refractivity contribution in [3.63, 3.8) is 0 Å². The SMILES string of the molecule is Cn1nc(C(=O)NCc2cccc(F)c2)cc1NC(=O)c1ccco1. The van der Waals surface area contributed by atoms with E-state index >= 15 is 0 Å². The van der Waals surface area contributed by atoms with Crippen LogP contribution in [0, 0.1) is 5.82 Å². The summed E-state index contributed by atoms with van der Waals surface area (Å²) in [6, 6.07) is 10.5. The Morgan fingerprint density at radius 1 is 1.20 bits per heavy atom. The third-order valence-electron chi connectivity index (χ3n) is 3.44. The molecule has 0 spiro atoms. The summed E-state index contributed by atoms with van der Waals surface area (Å²) < 4.78 is 19.5. The monoisotopic (exact) mass is 342 g/mol. The number of anilines is 1. The summed E-state index contributed by atoms with van der Waals surface area (Å²) in [5.74, 6) is -0.749. The Morgan fingerprint density at radius 2 is 2.04 bits per heavy atom. The number of hydrogen-bond donors (Lipinski definition) is 2. The van der Waals surface area contributed by atoms with Crippen LogP contribution in [0.15, 0.2) is 53.1 Å². The van der Waals surface area contributed by atoms with E-state index in [-0.39, 0.29) is 23.8 Å². The Labute approximate surface area is 142 Å². The van der Waals surface area contributed by atoms with E-state index in [0.29, 0.717) is 11.4 Å². The standard InChI is InChI=1S/C17H15FN4O3/c1-22-15(20-17(24)14-6-3-7-25-14)9-13(21-22)16(23)19-10-11-4-2-5-12(18)8-11/h2-9H,10H2,1H3,(H,19,23)(H,20,24). The summed E-state index contributed by atoms with van der Waals surface area (Å²) >= 11 is 0. The smallest absolute Gasteiger partial charge is 0.292 e. The van der Waals surface area contributed by atoms with Crippen molar-refractivity contribution in [3.05, 3.63) is 71.6 Å². The van der Waals surface area contributed by atoms with Crippen LogP contribution < -0.4 is 10.6 Å². The number of halogens is 1. The fraction of sp³-hybridized carbons (Fsp3) is 0.118. The average molecular weight is 342 g/mol. The van der Waals surface area contributed by atoms with Gasteiger partial charge in [-0.15, -0.1) is 0 Å². The average Bonchev–Trinajstić information content (AvgIpc) is 3.23. The topological polar surface area (TPSA) is 89.2 Å². The maximum absolute atomic E-state index is 13.1. The number of amides is 2. The van der Waals surface area contributed by atoms with E-state index in [1.54, 1.807) is 25.2 Å². The predicted molar refractivity (Wildman–Crippen MR) is 87.4 cm³/mol. The van der Waals surface area contributed by atoms with Gasteiger partial charge in [0.05, 0.1) is 6.26 Å². The maximum atomic E-state index is 13.1. The van der Waals surface area contributed by atoms with E-state index in [2.05, 4.69) is 15.7 Å². The van der Waals surface area contributed by atoms with Gasteiger partial charge in [-0.05, 0) is 29.8 Å². The van der Waals surface area contributed by atoms with Gasteiger partial charge in [0.15, 0.2) is 11.5 Å². The van der Waals surface area contributed by atoms with Crippen molar-refractivity contribution in [2.45, 2.75) is 6.54 Å². The summed E-state index contributed by atoms with van der Waals surface area (Å²) in [6.07, 6.45) is 1.39. The normalized spacial score (nSPS) is 10.5. The van der Waals surface area contributed by atoms with Gasteiger partial charge in [0.2, 0.25) is 0 Å². The number of hydrogen-bond acceptors (Lipinski definition) is 4. The lowest BCUT2D eigenvalue weighted by atomic mass is 10.2. The van der Waals surface area contributed by atoms with Crippen molar-refractivity contribution in [2.24, 2.45) is 7.05 Å². The molecule has 25 heavy (non-hydrogen) atoms. The summed E-state index contributed by atoms with van der Waals surface area (Å²) in [6.45, 7) is 0.168. The Hall–Kier alpha value is -3.42. The lowest BCUT2D eigenvalue weighted by Gasteiger charge is -2.03.